The first-order valence-electron chi connectivity index (χ1n) is 67.5. The SMILES string of the molecule is C.C.C.C.C.C.C.C.C.CC1CCC(C(C)(C)C2CCC(C)CC2)CC1.CC1CCC(C)CC1.CC1CCC(C2CCC(C)CC2)CC1.CC1CCC(CC2CCC(C)CC2)CC1.CC1CCC2CC(C)CCC2C1.CCC1CCC(C(C)(C)C2CCC(CC)CC2)CC1.CCC1CCC(C2CCC(CC)CC2)CC1.CCC1CCC(CC)CC1.CCC1CCC(CC2CCC(CC)CC2)CC1.CCCC1CCC(CCC)CC1. The van der Waals surface area contributed by atoms with Gasteiger partial charge < -0.3 is 0 Å². The average molecular weight is 2090 g/mol. The monoisotopic (exact) mass is 2090 g/mol. The molecule has 0 nitrogen and oxygen atoms in total. The maximum absolute atomic E-state index is 2.60. The van der Waals surface area contributed by atoms with Crippen molar-refractivity contribution >= 4 is 0 Å². The molecule has 0 saturated heterocycles. The molecule has 0 heteroatoms. The molecule has 0 heterocycles. The van der Waals surface area contributed by atoms with E-state index in [9.17, 15) is 0 Å². The molecule has 0 amide bonds. The van der Waals surface area contributed by atoms with E-state index in [0.717, 1.165) is 201 Å². The molecular weight excluding hydrogens is 1790 g/mol. The van der Waals surface area contributed by atoms with Gasteiger partial charge in [-0.05, 0) is 353 Å². The molecule has 0 N–H and O–H groups in total. The highest BCUT2D eigenvalue weighted by Gasteiger charge is 2.43. The fourth-order valence-electron chi connectivity index (χ4n) is 34.2. The van der Waals surface area contributed by atoms with E-state index in [0.29, 0.717) is 10.8 Å². The lowest BCUT2D eigenvalue weighted by atomic mass is 9.59. The van der Waals surface area contributed by atoms with E-state index < -0.39 is 0 Å². The van der Waals surface area contributed by atoms with Gasteiger partial charge in [-0.1, -0.05) is 605 Å². The zero-order chi connectivity index (χ0) is 101. The van der Waals surface area contributed by atoms with E-state index in [2.05, 4.69) is 166 Å². The summed E-state index contributed by atoms with van der Waals surface area (Å²) in [5.41, 5.74) is 1.22. The van der Waals surface area contributed by atoms with E-state index in [4.69, 9.17) is 0 Å². The molecular formula is C149H302. The fraction of sp³-hybridized carbons (Fsp3) is 1.00. The zero-order valence-corrected chi connectivity index (χ0v) is 101. The standard InChI is InChI=1S/C19H36.2C17H32.C16H30.C15H28.C14H26.C12H22.C12H24.C10H20.C8H16.9CH4/c1-5-15-7-11-17(12-8-15)19(3,4)18-13-9-16(6-2)10-14-18;1-13-5-9-15(10-6-13)17(3,4)16-11-7-14(2)8-12-16;1-3-14-5-9-16(10-6-14)13-17-11-7-15(4-2)8-12-17;1-3-13-5-9-15(10-6-13)16-11-7-14(4-2)8-12-16;1-12-3-7-14(8-4-12)11-15-9-5-13(2)6-10-15;1-11-3-7-13(8-4-11)14-9-5-12(2)6-10-14;1-9-3-5-12-8-10(2)4-6-11(12)7-9;1-3-5-11-7-9-12(6-4-2)10-8-11;1-3-9-5-7-10(4-2)8-6-9;1-7-3-5-8(2)6-4-7;;;;;;;;;/h15-18H,5-14H2,1-4H3;13-16H,5-12H2,1-4H3;14-17H,3-13H2,1-2H3;13-16H,3-12H2,1-2H3;12-15H,3-11H2,1-2H3;11-14H,3-10H2,1-2H3;9-12H,3-8H2,1-2H3;11-12H,3-10H2,1-2H3;9-10H,3-8H2,1-2H3;7-8H,3-6H2,1-2H3;9*1H4. The summed E-state index contributed by atoms with van der Waals surface area (Å²) in [6.07, 6.45) is 121. The van der Waals surface area contributed by atoms with Gasteiger partial charge in [0.1, 0.15) is 0 Å². The number of hydrogen-bond donors (Lipinski definition) is 0. The van der Waals surface area contributed by atoms with Gasteiger partial charge in [0.2, 0.25) is 0 Å². The van der Waals surface area contributed by atoms with Crippen molar-refractivity contribution in [1.82, 2.24) is 0 Å². The third-order valence-corrected chi connectivity index (χ3v) is 47.1. The first kappa shape index (κ1) is 151. The van der Waals surface area contributed by atoms with Crippen LogP contribution in [-0.4, -0.2) is 0 Å². The Morgan fingerprint density at radius 2 is 0.255 bits per heavy atom. The van der Waals surface area contributed by atoms with Crippen LogP contribution in [0.5, 0.6) is 0 Å². The van der Waals surface area contributed by atoms with Gasteiger partial charge in [-0.25, -0.2) is 0 Å². The molecule has 17 aliphatic carbocycles. The van der Waals surface area contributed by atoms with Crippen LogP contribution in [0.3, 0.4) is 0 Å². The Balaban J connectivity index is 0. The molecule has 0 aromatic heterocycles. The lowest BCUT2D eigenvalue weighted by Gasteiger charge is -2.46. The Hall–Kier alpha value is 0. The van der Waals surface area contributed by atoms with Gasteiger partial charge in [-0.2, -0.15) is 0 Å². The predicted octanol–water partition coefficient (Wildman–Crippen LogP) is 53.4. The Kier molecular flexibility index (Phi) is 86.1. The molecule has 0 aliphatic heterocycles. The maximum Gasteiger partial charge on any atom is -0.0298 e. The molecule has 0 radical (unpaired) electrons. The van der Waals surface area contributed by atoms with Gasteiger partial charge in [-0.15, -0.1) is 0 Å². The summed E-state index contributed by atoms with van der Waals surface area (Å²) in [6.45, 7) is 58.1. The first-order valence-corrected chi connectivity index (χ1v) is 67.5. The van der Waals surface area contributed by atoms with E-state index in [1.54, 1.807) is 89.9 Å². The third-order valence-electron chi connectivity index (χ3n) is 47.1. The quantitative estimate of drug-likeness (QED) is 0.101. The van der Waals surface area contributed by atoms with E-state index in [-0.39, 0.29) is 66.8 Å². The molecule has 0 aromatic carbocycles. The normalized spacial score (nSPS) is 37.5. The van der Waals surface area contributed by atoms with Gasteiger partial charge in [0, 0.05) is 0 Å². The van der Waals surface area contributed by atoms with Crippen molar-refractivity contribution < 1.29 is 0 Å². The summed E-state index contributed by atoms with van der Waals surface area (Å²) in [4.78, 5) is 0. The van der Waals surface area contributed by atoms with Crippen LogP contribution in [-0.2, 0) is 0 Å². The molecule has 0 bridgehead atoms. The van der Waals surface area contributed by atoms with E-state index >= 15 is 0 Å². The Labute approximate surface area is 952 Å². The molecule has 4 atom stereocenters. The highest BCUT2D eigenvalue weighted by atomic mass is 14.5. The number of hydrogen-bond acceptors (Lipinski definition) is 0. The van der Waals surface area contributed by atoms with E-state index in [1.165, 1.54) is 424 Å². The van der Waals surface area contributed by atoms with Crippen molar-refractivity contribution in [3.05, 3.63) is 0 Å². The lowest BCUT2D eigenvalue weighted by molar-refractivity contribution is 0.0381. The van der Waals surface area contributed by atoms with Crippen molar-refractivity contribution in [2.45, 2.75) is 747 Å². The summed E-state index contributed by atoms with van der Waals surface area (Å²) in [7, 11) is 0. The second kappa shape index (κ2) is 85.0. The van der Waals surface area contributed by atoms with Gasteiger partial charge in [-0.3, -0.25) is 0 Å². The molecule has 0 aromatic rings. The Morgan fingerprint density at radius 1 is 0.134 bits per heavy atom. The third kappa shape index (κ3) is 57.6. The topological polar surface area (TPSA) is 0 Å². The minimum atomic E-state index is 0. The van der Waals surface area contributed by atoms with Gasteiger partial charge in [0.15, 0.2) is 0 Å². The Bertz CT molecular complexity index is 2630. The molecule has 17 fully saturated rings. The Morgan fingerprint density at radius 3 is 0.443 bits per heavy atom. The van der Waals surface area contributed by atoms with Crippen molar-refractivity contribution in [2.24, 2.45) is 212 Å². The van der Waals surface area contributed by atoms with Crippen LogP contribution in [0.15, 0.2) is 0 Å². The fourth-order valence-corrected chi connectivity index (χ4v) is 34.2. The lowest BCUT2D eigenvalue weighted by Crippen LogP contribution is -2.37. The largest absolute Gasteiger partial charge is 0.0776 e. The van der Waals surface area contributed by atoms with Crippen LogP contribution >= 0.6 is 0 Å². The van der Waals surface area contributed by atoms with Crippen LogP contribution in [0.25, 0.3) is 0 Å². The van der Waals surface area contributed by atoms with Gasteiger partial charge in [0.25, 0.3) is 0 Å². The van der Waals surface area contributed by atoms with Crippen LogP contribution in [0.1, 0.15) is 747 Å². The molecule has 898 valence electrons. The summed E-state index contributed by atoms with van der Waals surface area (Å²) in [5.74, 6) is 36.0. The summed E-state index contributed by atoms with van der Waals surface area (Å²) < 4.78 is 0. The summed E-state index contributed by atoms with van der Waals surface area (Å²) in [5, 5.41) is 0. The second-order valence-corrected chi connectivity index (χ2v) is 58.4. The highest BCUT2D eigenvalue weighted by molar-refractivity contribution is 4.94. The van der Waals surface area contributed by atoms with Crippen LogP contribution < -0.4 is 0 Å². The number of rotatable bonds is 22. The van der Waals surface area contributed by atoms with Crippen LogP contribution in [0.2, 0.25) is 0 Å². The molecule has 149 heavy (non-hydrogen) atoms. The van der Waals surface area contributed by atoms with Crippen molar-refractivity contribution in [1.29, 1.82) is 0 Å². The average Bonchev–Trinajstić information content (AvgIpc) is 0.862. The zero-order valence-electron chi connectivity index (χ0n) is 101. The molecule has 0 spiro atoms. The number of fused-ring (bicyclic) bond motifs is 1. The molecule has 4 unspecified atom stereocenters. The summed E-state index contributed by atoms with van der Waals surface area (Å²) >= 11 is 0. The minimum Gasteiger partial charge on any atom is -0.0776 e. The maximum atomic E-state index is 2.60. The van der Waals surface area contributed by atoms with Gasteiger partial charge >= 0.3 is 0 Å². The predicted molar refractivity (Wildman–Crippen MR) is 690 cm³/mol. The molecule has 17 aliphatic rings. The van der Waals surface area contributed by atoms with Crippen molar-refractivity contribution in [3.63, 3.8) is 0 Å². The highest BCUT2D eigenvalue weighted by Crippen LogP contribution is 2.55. The molecule has 17 rings (SSSR count). The minimum absolute atomic E-state index is 0. The molecule has 17 saturated carbocycles. The summed E-state index contributed by atoms with van der Waals surface area (Å²) in [6, 6.07) is 0. The van der Waals surface area contributed by atoms with Gasteiger partial charge in [0.05, 0.1) is 0 Å². The smallest absolute Gasteiger partial charge is 0.0298 e. The van der Waals surface area contributed by atoms with Crippen LogP contribution in [0.4, 0.5) is 0 Å². The van der Waals surface area contributed by atoms with Crippen molar-refractivity contribution in [3.8, 4) is 0 Å². The second-order valence-electron chi connectivity index (χ2n) is 58.4. The first-order chi connectivity index (χ1) is 67.5. The van der Waals surface area contributed by atoms with Crippen molar-refractivity contribution in [2.75, 3.05) is 0 Å². The van der Waals surface area contributed by atoms with Crippen LogP contribution in [0, 0.1) is 212 Å². The van der Waals surface area contributed by atoms with E-state index in [1.807, 2.05) is 0 Å².